The number of hydrogen-bond donors (Lipinski definition) is 2. The molecule has 4 nitrogen and oxygen atoms in total. The molecule has 2 aliphatic heterocycles. The van der Waals surface area contributed by atoms with Gasteiger partial charge in [0.1, 0.15) is 0 Å². The number of halogens is 6. The lowest BCUT2D eigenvalue weighted by molar-refractivity contribution is -0.143. The normalized spacial score (nSPS) is 30.9. The van der Waals surface area contributed by atoms with Gasteiger partial charge in [0.15, 0.2) is 0 Å². The molecule has 5 atom stereocenters. The molecular weight excluding hydrogens is 474 g/mol. The maximum Gasteiger partial charge on any atom is 0.416 e. The summed E-state index contributed by atoms with van der Waals surface area (Å²) < 4.78 is 85.8. The van der Waals surface area contributed by atoms with Crippen molar-refractivity contribution in [3.05, 3.63) is 70.8 Å². The average Bonchev–Trinajstić information content (AvgIpc) is 3.24. The number of nitrogens with one attached hydrogen (secondary N) is 2. The van der Waals surface area contributed by atoms with Gasteiger partial charge in [0, 0.05) is 18.4 Å². The fourth-order valence-electron chi connectivity index (χ4n) is 5.68. The van der Waals surface area contributed by atoms with Crippen LogP contribution in [0.2, 0.25) is 0 Å². The van der Waals surface area contributed by atoms with Gasteiger partial charge in [-0.1, -0.05) is 30.3 Å². The van der Waals surface area contributed by atoms with E-state index in [1.54, 1.807) is 0 Å². The Kier molecular flexibility index (Phi) is 5.49. The number of amides is 1. The quantitative estimate of drug-likeness (QED) is 0.548. The Morgan fingerprint density at radius 1 is 1.00 bits per heavy atom. The zero-order valence-corrected chi connectivity index (χ0v) is 18.8. The van der Waals surface area contributed by atoms with Gasteiger partial charge in [0.25, 0.3) is 0 Å². The number of alkyl halides is 6. The van der Waals surface area contributed by atoms with Crippen LogP contribution >= 0.6 is 0 Å². The molecule has 1 aliphatic carbocycles. The van der Waals surface area contributed by atoms with Crippen LogP contribution in [-0.4, -0.2) is 24.1 Å². The molecule has 2 saturated heterocycles. The second kappa shape index (κ2) is 7.96. The molecule has 3 fully saturated rings. The summed E-state index contributed by atoms with van der Waals surface area (Å²) in [6.07, 6.45) is -9.13. The predicted molar refractivity (Wildman–Crippen MR) is 114 cm³/mol. The molecule has 2 heterocycles. The van der Waals surface area contributed by atoms with Crippen molar-refractivity contribution in [3.63, 3.8) is 0 Å². The average molecular weight is 498 g/mol. The summed E-state index contributed by atoms with van der Waals surface area (Å²) in [6.45, 7) is 1.49. The van der Waals surface area contributed by atoms with Crippen LogP contribution in [0.1, 0.15) is 54.5 Å². The topological polar surface area (TPSA) is 50.4 Å². The molecule has 35 heavy (non-hydrogen) atoms. The molecule has 1 saturated carbocycles. The van der Waals surface area contributed by atoms with Crippen LogP contribution in [0.15, 0.2) is 48.5 Å². The highest BCUT2D eigenvalue weighted by Gasteiger charge is 2.72. The molecule has 0 bridgehead atoms. The maximum atomic E-state index is 13.3. The molecule has 1 amide bonds. The molecule has 1 spiro atoms. The minimum atomic E-state index is -4.92. The lowest BCUT2D eigenvalue weighted by Crippen LogP contribution is -2.57. The van der Waals surface area contributed by atoms with Crippen LogP contribution in [-0.2, 0) is 27.4 Å². The van der Waals surface area contributed by atoms with Gasteiger partial charge in [-0.05, 0) is 49.1 Å². The van der Waals surface area contributed by atoms with Crippen molar-refractivity contribution < 1.29 is 35.9 Å². The van der Waals surface area contributed by atoms with Gasteiger partial charge in [-0.3, -0.25) is 10.1 Å². The summed E-state index contributed by atoms with van der Waals surface area (Å²) in [5.41, 5.74) is -2.97. The molecule has 2 aromatic carbocycles. The van der Waals surface area contributed by atoms with E-state index in [0.717, 1.165) is 5.56 Å². The number of carbonyl (C=O) groups excluding carboxylic acids is 1. The summed E-state index contributed by atoms with van der Waals surface area (Å²) in [6, 6.07) is 11.0. The van der Waals surface area contributed by atoms with Crippen LogP contribution in [0.25, 0.3) is 0 Å². The van der Waals surface area contributed by atoms with Gasteiger partial charge in [-0.25, -0.2) is 0 Å². The van der Waals surface area contributed by atoms with E-state index in [1.807, 2.05) is 30.3 Å². The molecule has 10 heteroatoms. The van der Waals surface area contributed by atoms with Crippen molar-refractivity contribution in [2.75, 3.05) is 6.61 Å². The number of rotatable bonds is 5. The second-order valence-electron chi connectivity index (χ2n) is 9.76. The Morgan fingerprint density at radius 3 is 2.23 bits per heavy atom. The number of carbonyl (C=O) groups is 1. The summed E-state index contributed by atoms with van der Waals surface area (Å²) in [5, 5.41) is 6.68. The fourth-order valence-corrected chi connectivity index (χ4v) is 5.68. The summed E-state index contributed by atoms with van der Waals surface area (Å²) >= 11 is 0. The van der Waals surface area contributed by atoms with Crippen LogP contribution in [0.4, 0.5) is 26.3 Å². The first-order valence-corrected chi connectivity index (χ1v) is 11.4. The summed E-state index contributed by atoms with van der Waals surface area (Å²) in [5.74, 6) is 0.186. The van der Waals surface area contributed by atoms with Gasteiger partial charge in [-0.15, -0.1) is 0 Å². The molecule has 2 N–H and O–H groups in total. The third-order valence-corrected chi connectivity index (χ3v) is 7.67. The molecule has 3 aliphatic rings. The SMILES string of the molecule is C[C@@H](OC[C@@]1(c2ccccc2)CC[C@]23NC(=O)CC2C3N1)c1cc(C(F)(F)F)cc(C(F)(F)F)c1. The Balaban J connectivity index is 1.40. The molecule has 2 aromatic rings. The first-order valence-electron chi connectivity index (χ1n) is 11.4. The molecular formula is C25H24F6N2O2. The van der Waals surface area contributed by atoms with Gasteiger partial charge in [-0.2, -0.15) is 26.3 Å². The van der Waals surface area contributed by atoms with Crippen LogP contribution < -0.4 is 10.6 Å². The van der Waals surface area contributed by atoms with Gasteiger partial charge < -0.3 is 10.1 Å². The van der Waals surface area contributed by atoms with Gasteiger partial charge in [0.05, 0.1) is 34.9 Å². The number of ether oxygens (including phenoxy) is 1. The van der Waals surface area contributed by atoms with Crippen molar-refractivity contribution in [2.24, 2.45) is 5.92 Å². The zero-order valence-electron chi connectivity index (χ0n) is 18.8. The number of fused-ring (bicyclic) bond motifs is 1. The largest absolute Gasteiger partial charge is 0.416 e. The van der Waals surface area contributed by atoms with Crippen LogP contribution in [0, 0.1) is 5.92 Å². The first-order chi connectivity index (χ1) is 16.3. The molecule has 2 unspecified atom stereocenters. The van der Waals surface area contributed by atoms with Crippen molar-refractivity contribution in [1.29, 1.82) is 0 Å². The first kappa shape index (κ1) is 24.1. The van der Waals surface area contributed by atoms with E-state index in [0.29, 0.717) is 31.4 Å². The van der Waals surface area contributed by atoms with E-state index in [-0.39, 0.29) is 41.6 Å². The van der Waals surface area contributed by atoms with Crippen molar-refractivity contribution in [2.45, 2.75) is 61.8 Å². The van der Waals surface area contributed by atoms with Crippen LogP contribution in [0.5, 0.6) is 0 Å². The molecule has 0 radical (unpaired) electrons. The van der Waals surface area contributed by atoms with Crippen molar-refractivity contribution in [3.8, 4) is 0 Å². The van der Waals surface area contributed by atoms with E-state index < -0.39 is 35.1 Å². The molecule has 5 rings (SSSR count). The highest BCUT2D eigenvalue weighted by Crippen LogP contribution is 2.58. The lowest BCUT2D eigenvalue weighted by Gasteiger charge is -2.42. The van der Waals surface area contributed by atoms with Gasteiger partial charge in [0.2, 0.25) is 5.91 Å². The second-order valence-corrected chi connectivity index (χ2v) is 9.76. The minimum absolute atomic E-state index is 0.0233. The zero-order chi connectivity index (χ0) is 25.2. The van der Waals surface area contributed by atoms with E-state index in [9.17, 15) is 31.1 Å². The van der Waals surface area contributed by atoms with E-state index in [4.69, 9.17) is 4.74 Å². The smallest absolute Gasteiger partial charge is 0.372 e. The number of piperidine rings is 2. The monoisotopic (exact) mass is 498 g/mol. The standard InChI is InChI=1S/C25H24F6N2O2/c1-14(15-9-17(24(26,27)28)11-18(10-15)25(29,30)31)35-13-22(16-5-3-2-4-6-16)7-8-23-19(21(23)33-22)12-20(34)32-23/h2-6,9-11,14,19,21,33H,7-8,12-13H2,1H3,(H,32,34)/t14-,19?,21?,22-,23+/m1/s1. The highest BCUT2D eigenvalue weighted by atomic mass is 19.4. The molecule has 0 aromatic heterocycles. The maximum absolute atomic E-state index is 13.3. The Hall–Kier alpha value is -2.59. The van der Waals surface area contributed by atoms with Gasteiger partial charge >= 0.3 is 12.4 Å². The summed E-state index contributed by atoms with van der Waals surface area (Å²) in [7, 11) is 0. The predicted octanol–water partition coefficient (Wildman–Crippen LogP) is 5.34. The minimum Gasteiger partial charge on any atom is -0.372 e. The summed E-state index contributed by atoms with van der Waals surface area (Å²) in [4.78, 5) is 11.8. The number of hydrogen-bond acceptors (Lipinski definition) is 3. The number of benzene rings is 2. The highest BCUT2D eigenvalue weighted by molar-refractivity contribution is 5.83. The van der Waals surface area contributed by atoms with Crippen molar-refractivity contribution in [1.82, 2.24) is 10.6 Å². The van der Waals surface area contributed by atoms with E-state index in [2.05, 4.69) is 10.6 Å². The third kappa shape index (κ3) is 4.20. The van der Waals surface area contributed by atoms with Crippen LogP contribution in [0.3, 0.4) is 0 Å². The Labute approximate surface area is 198 Å². The van der Waals surface area contributed by atoms with Crippen molar-refractivity contribution >= 4 is 5.91 Å². The fraction of sp³-hybridized carbons (Fsp3) is 0.480. The van der Waals surface area contributed by atoms with E-state index >= 15 is 0 Å². The lowest BCUT2D eigenvalue weighted by atomic mass is 9.81. The Morgan fingerprint density at radius 2 is 1.63 bits per heavy atom. The van der Waals surface area contributed by atoms with E-state index in [1.165, 1.54) is 6.92 Å². The Bertz CT molecular complexity index is 1100. The third-order valence-electron chi connectivity index (χ3n) is 7.67. The molecule has 188 valence electrons.